The Labute approximate surface area is 239 Å². The van der Waals surface area contributed by atoms with Crippen LogP contribution in [-0.4, -0.2) is 22.6 Å². The molecule has 0 spiro atoms. The van der Waals surface area contributed by atoms with E-state index >= 15 is 0 Å². The molecule has 0 aliphatic heterocycles. The molecule has 4 heteroatoms. The Morgan fingerprint density at radius 3 is 1.12 bits per heavy atom. The third-order valence-corrected chi connectivity index (χ3v) is 7.54. The second-order valence-corrected chi connectivity index (χ2v) is 11.8. The lowest BCUT2D eigenvalue weighted by molar-refractivity contribution is 0.463. The Kier molecular flexibility index (Phi) is 8.78. The molecule has 0 unspecified atom stereocenters. The monoisotopic (exact) mass is 534 g/mol. The molecule has 0 amide bonds. The first-order valence-electron chi connectivity index (χ1n) is 14.3. The molecule has 4 rings (SSSR count). The van der Waals surface area contributed by atoms with E-state index in [1.54, 1.807) is 12.4 Å². The standard InChI is InChI=1S/C36H42N2O2/c1-21(2)28-11-9-12-29(22(3)4)33(28)37-19-26-17-15-25-16-18-27(36(40)32(25)35(26)39)20-38-34-30(23(5)6)13-10-14-31(34)24(7)8/h9-24,39-40H,1-8H3/b37-19+,38-20+. The molecule has 0 saturated carbocycles. The number of aromatic hydroxyl groups is 2. The second kappa shape index (κ2) is 12.1. The van der Waals surface area contributed by atoms with Gasteiger partial charge in [0, 0.05) is 23.6 Å². The van der Waals surface area contributed by atoms with Gasteiger partial charge < -0.3 is 10.2 Å². The lowest BCUT2D eigenvalue weighted by Crippen LogP contribution is -1.96. The van der Waals surface area contributed by atoms with Crippen LogP contribution in [0.3, 0.4) is 0 Å². The zero-order chi connectivity index (χ0) is 29.1. The fourth-order valence-corrected chi connectivity index (χ4v) is 5.21. The van der Waals surface area contributed by atoms with Gasteiger partial charge in [-0.2, -0.15) is 0 Å². The predicted molar refractivity (Wildman–Crippen MR) is 171 cm³/mol. The van der Waals surface area contributed by atoms with Gasteiger partial charge in [-0.15, -0.1) is 0 Å². The molecule has 4 nitrogen and oxygen atoms in total. The summed E-state index contributed by atoms with van der Waals surface area (Å²) in [5.74, 6) is 1.29. The Hall–Kier alpha value is -3.92. The van der Waals surface area contributed by atoms with Gasteiger partial charge in [0.05, 0.1) is 16.8 Å². The molecule has 0 aliphatic carbocycles. The van der Waals surface area contributed by atoms with E-state index in [-0.39, 0.29) is 11.5 Å². The number of fused-ring (bicyclic) bond motifs is 1. The molecule has 0 radical (unpaired) electrons. The average Bonchev–Trinajstić information content (AvgIpc) is 2.91. The summed E-state index contributed by atoms with van der Waals surface area (Å²) >= 11 is 0. The van der Waals surface area contributed by atoms with Crippen LogP contribution >= 0.6 is 0 Å². The molecular formula is C36H42N2O2. The number of phenolic OH excluding ortho intramolecular Hbond substituents is 2. The van der Waals surface area contributed by atoms with E-state index in [2.05, 4.69) is 91.8 Å². The summed E-state index contributed by atoms with van der Waals surface area (Å²) in [4.78, 5) is 9.75. The quantitative estimate of drug-likeness (QED) is 0.221. The fourth-order valence-electron chi connectivity index (χ4n) is 5.21. The minimum atomic E-state index is 0.00701. The van der Waals surface area contributed by atoms with Crippen LogP contribution in [0.2, 0.25) is 0 Å². The summed E-state index contributed by atoms with van der Waals surface area (Å²) in [5.41, 5.74) is 7.69. The smallest absolute Gasteiger partial charge is 0.135 e. The molecule has 4 aromatic rings. The largest absolute Gasteiger partial charge is 0.506 e. The highest BCUT2D eigenvalue weighted by atomic mass is 16.3. The van der Waals surface area contributed by atoms with Gasteiger partial charge in [0.2, 0.25) is 0 Å². The maximum absolute atomic E-state index is 11.3. The average molecular weight is 535 g/mol. The minimum Gasteiger partial charge on any atom is -0.506 e. The third-order valence-electron chi connectivity index (χ3n) is 7.54. The number of benzene rings is 4. The van der Waals surface area contributed by atoms with Crippen molar-refractivity contribution in [2.45, 2.75) is 79.1 Å². The van der Waals surface area contributed by atoms with E-state index in [9.17, 15) is 10.2 Å². The topological polar surface area (TPSA) is 65.2 Å². The van der Waals surface area contributed by atoms with Crippen molar-refractivity contribution in [2.75, 3.05) is 0 Å². The van der Waals surface area contributed by atoms with Gasteiger partial charge in [-0.05, 0) is 63.4 Å². The van der Waals surface area contributed by atoms with Crippen LogP contribution < -0.4 is 0 Å². The lowest BCUT2D eigenvalue weighted by atomic mass is 9.93. The van der Waals surface area contributed by atoms with Crippen LogP contribution in [0.25, 0.3) is 10.8 Å². The summed E-state index contributed by atoms with van der Waals surface area (Å²) in [6, 6.07) is 20.1. The van der Waals surface area contributed by atoms with Crippen molar-refractivity contribution in [2.24, 2.45) is 9.98 Å². The molecular weight excluding hydrogens is 492 g/mol. The molecule has 208 valence electrons. The summed E-state index contributed by atoms with van der Waals surface area (Å²) in [6.07, 6.45) is 3.41. The zero-order valence-corrected chi connectivity index (χ0v) is 25.0. The molecule has 0 atom stereocenters. The van der Waals surface area contributed by atoms with Crippen molar-refractivity contribution in [3.63, 3.8) is 0 Å². The van der Waals surface area contributed by atoms with Crippen LogP contribution in [-0.2, 0) is 0 Å². The molecule has 0 heterocycles. The molecule has 4 aromatic carbocycles. The van der Waals surface area contributed by atoms with Gasteiger partial charge in [-0.25, -0.2) is 0 Å². The summed E-state index contributed by atoms with van der Waals surface area (Å²) in [6.45, 7) is 17.3. The normalized spacial score (nSPS) is 12.4. The number of nitrogens with zero attached hydrogens (tertiary/aromatic N) is 2. The summed E-state index contributed by atoms with van der Waals surface area (Å²) < 4.78 is 0. The highest BCUT2D eigenvalue weighted by molar-refractivity contribution is 6.04. The molecule has 2 N–H and O–H groups in total. The highest BCUT2D eigenvalue weighted by Gasteiger charge is 2.16. The maximum atomic E-state index is 11.3. The van der Waals surface area contributed by atoms with Crippen LogP contribution in [0.1, 0.15) is 112 Å². The first-order valence-corrected chi connectivity index (χ1v) is 14.3. The third kappa shape index (κ3) is 5.82. The van der Waals surface area contributed by atoms with Crippen molar-refractivity contribution >= 4 is 34.6 Å². The van der Waals surface area contributed by atoms with Gasteiger partial charge in [0.15, 0.2) is 0 Å². The SMILES string of the molecule is CC(C)c1cccc(C(C)C)c1/N=C/c1ccc2ccc(/C=N/c3c(C(C)C)cccc3C(C)C)c(O)c2c1O. The lowest BCUT2D eigenvalue weighted by Gasteiger charge is -2.16. The number of phenols is 2. The molecule has 0 aromatic heterocycles. The number of hydrogen-bond donors (Lipinski definition) is 2. The van der Waals surface area contributed by atoms with Crippen molar-refractivity contribution < 1.29 is 10.2 Å². The van der Waals surface area contributed by atoms with E-state index in [0.717, 1.165) is 16.8 Å². The van der Waals surface area contributed by atoms with Crippen LogP contribution in [0.15, 0.2) is 70.6 Å². The molecule has 0 aliphatic rings. The first kappa shape index (κ1) is 29.1. The summed E-state index contributed by atoms with van der Waals surface area (Å²) in [5, 5.41) is 23.8. The Morgan fingerprint density at radius 2 is 0.825 bits per heavy atom. The minimum absolute atomic E-state index is 0.00701. The molecule has 0 fully saturated rings. The van der Waals surface area contributed by atoms with Crippen LogP contribution in [0, 0.1) is 0 Å². The Bertz CT molecular complexity index is 1410. The maximum Gasteiger partial charge on any atom is 0.135 e. The van der Waals surface area contributed by atoms with Crippen LogP contribution in [0.4, 0.5) is 11.4 Å². The van der Waals surface area contributed by atoms with E-state index in [4.69, 9.17) is 9.98 Å². The fraction of sp³-hybridized carbons (Fsp3) is 0.333. The van der Waals surface area contributed by atoms with Gasteiger partial charge in [0.25, 0.3) is 0 Å². The van der Waals surface area contributed by atoms with Gasteiger partial charge >= 0.3 is 0 Å². The van der Waals surface area contributed by atoms with Crippen molar-refractivity contribution in [1.82, 2.24) is 0 Å². The molecule has 40 heavy (non-hydrogen) atoms. The van der Waals surface area contributed by atoms with Gasteiger partial charge in [0.1, 0.15) is 11.5 Å². The highest BCUT2D eigenvalue weighted by Crippen LogP contribution is 2.39. The number of hydrogen-bond acceptors (Lipinski definition) is 4. The van der Waals surface area contributed by atoms with E-state index in [1.165, 1.54) is 22.3 Å². The Morgan fingerprint density at radius 1 is 0.500 bits per heavy atom. The first-order chi connectivity index (χ1) is 19.0. The van der Waals surface area contributed by atoms with E-state index < -0.39 is 0 Å². The molecule has 0 bridgehead atoms. The zero-order valence-electron chi connectivity index (χ0n) is 25.0. The Balaban J connectivity index is 1.80. The van der Waals surface area contributed by atoms with Gasteiger partial charge in [-0.3, -0.25) is 9.98 Å². The second-order valence-electron chi connectivity index (χ2n) is 11.8. The van der Waals surface area contributed by atoms with E-state index in [0.29, 0.717) is 40.2 Å². The van der Waals surface area contributed by atoms with Gasteiger partial charge in [-0.1, -0.05) is 104 Å². The number of rotatable bonds is 8. The van der Waals surface area contributed by atoms with Crippen molar-refractivity contribution in [3.05, 3.63) is 94.0 Å². The number of para-hydroxylation sites is 2. The van der Waals surface area contributed by atoms with E-state index in [1.807, 2.05) is 24.3 Å². The molecule has 0 saturated heterocycles. The van der Waals surface area contributed by atoms with Crippen molar-refractivity contribution in [3.8, 4) is 11.5 Å². The predicted octanol–water partition coefficient (Wildman–Crippen LogP) is 10.2. The van der Waals surface area contributed by atoms with Crippen LogP contribution in [0.5, 0.6) is 11.5 Å². The van der Waals surface area contributed by atoms with Crippen molar-refractivity contribution in [1.29, 1.82) is 0 Å². The number of aliphatic imine (C=N–C) groups is 2. The summed E-state index contributed by atoms with van der Waals surface area (Å²) in [7, 11) is 0.